The maximum atomic E-state index is 11.9. The molecular formula is C35H61FN4O15. The molecule has 2 rings (SSSR count). The Balaban J connectivity index is 1.21. The summed E-state index contributed by atoms with van der Waals surface area (Å²) in [6, 6.07) is 0. The Morgan fingerprint density at radius 2 is 0.727 bits per heavy atom. The van der Waals surface area contributed by atoms with Crippen molar-refractivity contribution in [2.24, 2.45) is 0 Å². The Bertz CT molecular complexity index is 1060. The fourth-order valence-corrected chi connectivity index (χ4v) is 4.23. The number of carbonyl (C=O) groups is 2. The first-order valence-electron chi connectivity index (χ1n) is 18.7. The van der Waals surface area contributed by atoms with Gasteiger partial charge in [0.2, 0.25) is 0 Å². The molecule has 318 valence electrons. The summed E-state index contributed by atoms with van der Waals surface area (Å²) in [5, 5.41) is 8.20. The number of alkyl halides is 1. The molecular weight excluding hydrogens is 735 g/mol. The van der Waals surface area contributed by atoms with Gasteiger partial charge in [-0.3, -0.25) is 14.5 Å². The van der Waals surface area contributed by atoms with Crippen molar-refractivity contribution in [3.05, 3.63) is 24.0 Å². The Morgan fingerprint density at radius 1 is 0.418 bits per heavy atom. The minimum Gasteiger partial charge on any atom is -0.377 e. The molecule has 0 atom stereocenters. The largest absolute Gasteiger partial charge is 0.377 e. The summed E-state index contributed by atoms with van der Waals surface area (Å²) in [5.41, 5.74) is 0.726. The van der Waals surface area contributed by atoms with Gasteiger partial charge < -0.3 is 61.6 Å². The highest BCUT2D eigenvalue weighted by Gasteiger charge is 2.22. The highest BCUT2D eigenvalue weighted by Crippen LogP contribution is 2.02. The summed E-state index contributed by atoms with van der Waals surface area (Å²) in [6.07, 6.45) is 4.33. The van der Waals surface area contributed by atoms with Crippen LogP contribution in [-0.4, -0.2) is 210 Å². The third kappa shape index (κ3) is 29.4. The lowest BCUT2D eigenvalue weighted by Gasteiger charge is -2.13. The van der Waals surface area contributed by atoms with E-state index in [1.165, 1.54) is 12.2 Å². The van der Waals surface area contributed by atoms with Crippen LogP contribution in [0.2, 0.25) is 0 Å². The summed E-state index contributed by atoms with van der Waals surface area (Å²) in [7, 11) is 0. The molecule has 20 heteroatoms. The highest BCUT2D eigenvalue weighted by molar-refractivity contribution is 6.12. The zero-order valence-electron chi connectivity index (χ0n) is 32.0. The monoisotopic (exact) mass is 796 g/mol. The number of halogens is 1. The molecule has 0 bridgehead atoms. The van der Waals surface area contributed by atoms with Gasteiger partial charge in [0.05, 0.1) is 191 Å². The second-order valence-electron chi connectivity index (χ2n) is 11.2. The predicted molar refractivity (Wildman–Crippen MR) is 191 cm³/mol. The van der Waals surface area contributed by atoms with Crippen LogP contribution in [0.4, 0.5) is 4.39 Å². The summed E-state index contributed by atoms with van der Waals surface area (Å²) in [5.74, 6) is -0.626. The van der Waals surface area contributed by atoms with Crippen LogP contribution in [0.5, 0.6) is 0 Å². The van der Waals surface area contributed by atoms with Crippen LogP contribution in [0.25, 0.3) is 0 Å². The van der Waals surface area contributed by atoms with E-state index in [4.69, 9.17) is 61.6 Å². The molecule has 2 heterocycles. The number of hydrogen-bond donors (Lipinski definition) is 0. The van der Waals surface area contributed by atoms with Crippen LogP contribution >= 0.6 is 0 Å². The van der Waals surface area contributed by atoms with Gasteiger partial charge in [0.25, 0.3) is 11.8 Å². The number of rotatable bonds is 43. The lowest BCUT2D eigenvalue weighted by atomic mass is 10.5. The molecule has 0 fully saturated rings. The van der Waals surface area contributed by atoms with E-state index in [1.54, 1.807) is 4.68 Å². The number of hydrogen-bond acceptors (Lipinski definition) is 17. The Hall–Kier alpha value is -2.57. The van der Waals surface area contributed by atoms with Crippen molar-refractivity contribution in [3.63, 3.8) is 0 Å². The highest BCUT2D eigenvalue weighted by atomic mass is 19.1. The number of ether oxygens (including phenoxy) is 13. The van der Waals surface area contributed by atoms with Crippen molar-refractivity contribution in [1.29, 1.82) is 0 Å². The molecule has 0 aliphatic carbocycles. The van der Waals surface area contributed by atoms with E-state index in [-0.39, 0.29) is 31.6 Å². The van der Waals surface area contributed by atoms with Crippen molar-refractivity contribution in [1.82, 2.24) is 19.9 Å². The number of aromatic nitrogens is 3. The summed E-state index contributed by atoms with van der Waals surface area (Å²) < 4.78 is 84.1. The molecule has 0 saturated heterocycles. The van der Waals surface area contributed by atoms with Gasteiger partial charge in [-0.2, -0.15) is 0 Å². The Morgan fingerprint density at radius 3 is 1.09 bits per heavy atom. The number of nitrogens with zero attached hydrogens (tertiary/aromatic N) is 4. The normalized spacial score (nSPS) is 12.9. The van der Waals surface area contributed by atoms with E-state index in [0.29, 0.717) is 165 Å². The molecule has 0 aromatic carbocycles. The van der Waals surface area contributed by atoms with Gasteiger partial charge in [0, 0.05) is 12.2 Å². The molecule has 1 aromatic rings. The predicted octanol–water partition coefficient (Wildman–Crippen LogP) is -0.112. The van der Waals surface area contributed by atoms with E-state index in [2.05, 4.69) is 10.3 Å². The maximum absolute atomic E-state index is 11.9. The van der Waals surface area contributed by atoms with Crippen LogP contribution < -0.4 is 0 Å². The maximum Gasteiger partial charge on any atom is 0.253 e. The molecule has 2 amide bonds. The van der Waals surface area contributed by atoms with Crippen LogP contribution in [0, 0.1) is 0 Å². The third-order valence-corrected chi connectivity index (χ3v) is 6.97. The van der Waals surface area contributed by atoms with Gasteiger partial charge in [-0.1, -0.05) is 5.21 Å². The first-order chi connectivity index (χ1) is 27.2. The van der Waals surface area contributed by atoms with Gasteiger partial charge in [-0.05, 0) is 0 Å². The third-order valence-electron chi connectivity index (χ3n) is 6.97. The minimum atomic E-state index is -0.483. The fourth-order valence-electron chi connectivity index (χ4n) is 4.23. The second kappa shape index (κ2) is 37.0. The molecule has 1 aromatic heterocycles. The molecule has 0 unspecified atom stereocenters. The summed E-state index contributed by atoms with van der Waals surface area (Å²) in [4.78, 5) is 24.0. The fraction of sp³-hybridized carbons (Fsp3) is 0.829. The van der Waals surface area contributed by atoms with E-state index in [9.17, 15) is 14.0 Å². The average molecular weight is 797 g/mol. The summed E-state index contributed by atoms with van der Waals surface area (Å²) >= 11 is 0. The van der Waals surface area contributed by atoms with Crippen molar-refractivity contribution in [2.75, 3.05) is 178 Å². The Kier molecular flexibility index (Phi) is 32.7. The molecule has 0 N–H and O–H groups in total. The standard InChI is InChI=1S/C35H61FN4O15/c36-3-6-43-9-12-46-15-18-49-21-23-52-24-22-50-19-16-47-13-10-44-7-4-39-31-33(37-38-39)32-55-30-29-54-28-27-53-26-25-51-20-17-48-14-11-45-8-5-40-34(41)1-2-35(40)42/h1-2,31H,3-30,32H2. The SMILES string of the molecule is O=C1C=CC(=O)N1CCOCCOCCOCCOCCOCCOCc1cn(CCOCCOCCOCCOCCOCCOCCOCCF)nn1. The van der Waals surface area contributed by atoms with E-state index in [0.717, 1.165) is 10.6 Å². The quantitative estimate of drug-likeness (QED) is 0.0629. The van der Waals surface area contributed by atoms with Crippen molar-refractivity contribution < 1.29 is 75.6 Å². The minimum absolute atomic E-state index is 0.104. The summed E-state index contributed by atoms with van der Waals surface area (Å²) in [6.45, 7) is 11.3. The van der Waals surface area contributed by atoms with Crippen LogP contribution in [-0.2, 0) is 84.3 Å². The number of amides is 2. The van der Waals surface area contributed by atoms with Gasteiger partial charge in [0.1, 0.15) is 12.4 Å². The molecule has 0 spiro atoms. The molecule has 55 heavy (non-hydrogen) atoms. The van der Waals surface area contributed by atoms with E-state index < -0.39 is 6.67 Å². The molecule has 1 aliphatic rings. The zero-order chi connectivity index (χ0) is 39.1. The lowest BCUT2D eigenvalue weighted by molar-refractivity contribution is -0.137. The molecule has 0 saturated carbocycles. The van der Waals surface area contributed by atoms with Crippen LogP contribution in [0.1, 0.15) is 5.69 Å². The van der Waals surface area contributed by atoms with E-state index >= 15 is 0 Å². The molecule has 19 nitrogen and oxygen atoms in total. The van der Waals surface area contributed by atoms with Crippen LogP contribution in [0.3, 0.4) is 0 Å². The first kappa shape index (κ1) is 48.6. The molecule has 0 radical (unpaired) electrons. The van der Waals surface area contributed by atoms with Gasteiger partial charge in [-0.15, -0.1) is 5.10 Å². The average Bonchev–Trinajstić information content (AvgIpc) is 3.78. The lowest BCUT2D eigenvalue weighted by Crippen LogP contribution is -2.33. The molecule has 1 aliphatic heterocycles. The topological polar surface area (TPSA) is 188 Å². The number of imide groups is 1. The first-order valence-corrected chi connectivity index (χ1v) is 18.7. The van der Waals surface area contributed by atoms with Gasteiger partial charge >= 0.3 is 0 Å². The zero-order valence-corrected chi connectivity index (χ0v) is 32.0. The van der Waals surface area contributed by atoms with Crippen molar-refractivity contribution in [2.45, 2.75) is 13.2 Å². The van der Waals surface area contributed by atoms with Gasteiger partial charge in [0.15, 0.2) is 0 Å². The second-order valence-corrected chi connectivity index (χ2v) is 11.2. The Labute approximate surface area is 322 Å². The number of carbonyl (C=O) groups excluding carboxylic acids is 2. The van der Waals surface area contributed by atoms with Crippen molar-refractivity contribution >= 4 is 11.8 Å². The van der Waals surface area contributed by atoms with E-state index in [1.807, 2.05) is 6.20 Å². The van der Waals surface area contributed by atoms with Crippen molar-refractivity contribution in [3.8, 4) is 0 Å². The van der Waals surface area contributed by atoms with Crippen LogP contribution in [0.15, 0.2) is 18.3 Å². The van der Waals surface area contributed by atoms with Gasteiger partial charge in [-0.25, -0.2) is 9.07 Å². The smallest absolute Gasteiger partial charge is 0.253 e.